The molecule has 192 valence electrons. The molecule has 0 saturated heterocycles. The maximum atomic E-state index is 12.0. The molecular formula is C19H18N4O10S3. The number of carbonyl (C=O) groups is 1. The van der Waals surface area contributed by atoms with Crippen LogP contribution in [0.15, 0.2) is 67.4 Å². The molecule has 0 heterocycles. The summed E-state index contributed by atoms with van der Waals surface area (Å²) in [5.41, 5.74) is 0.635. The molecule has 0 aromatic heterocycles. The van der Waals surface area contributed by atoms with E-state index in [1.54, 1.807) is 13.1 Å². The number of amides is 1. The SMILES string of the molecule is CNc1ccc(N=Nc2cc(S(=O)(=O)O)c3cc(S(=O)(=O)O)cc(S(=O)(=O)O)c3c2)c(NC(C)=O)c1. The monoisotopic (exact) mass is 558 g/mol. The second-order valence-electron chi connectivity index (χ2n) is 7.25. The Kier molecular flexibility index (Phi) is 7.17. The molecule has 0 spiro atoms. The van der Waals surface area contributed by atoms with E-state index in [-0.39, 0.29) is 17.1 Å². The molecule has 0 unspecified atom stereocenters. The molecule has 36 heavy (non-hydrogen) atoms. The van der Waals surface area contributed by atoms with Gasteiger partial charge in [-0.3, -0.25) is 18.5 Å². The number of benzene rings is 3. The topological polar surface area (TPSA) is 229 Å². The van der Waals surface area contributed by atoms with Crippen LogP contribution in [0.2, 0.25) is 0 Å². The Hall–Kier alpha value is -3.48. The van der Waals surface area contributed by atoms with Gasteiger partial charge in [-0.2, -0.15) is 30.4 Å². The van der Waals surface area contributed by atoms with E-state index in [4.69, 9.17) is 0 Å². The van der Waals surface area contributed by atoms with Gasteiger partial charge < -0.3 is 10.6 Å². The van der Waals surface area contributed by atoms with E-state index in [0.717, 1.165) is 12.1 Å². The maximum Gasteiger partial charge on any atom is 0.295 e. The number of nitrogens with one attached hydrogen (secondary N) is 2. The fourth-order valence-electron chi connectivity index (χ4n) is 3.17. The summed E-state index contributed by atoms with van der Waals surface area (Å²) >= 11 is 0. The van der Waals surface area contributed by atoms with Crippen molar-refractivity contribution in [3.8, 4) is 0 Å². The number of hydrogen-bond donors (Lipinski definition) is 5. The van der Waals surface area contributed by atoms with Crippen molar-refractivity contribution in [1.29, 1.82) is 0 Å². The van der Waals surface area contributed by atoms with E-state index >= 15 is 0 Å². The van der Waals surface area contributed by atoms with Crippen LogP contribution in [-0.4, -0.2) is 51.9 Å². The normalized spacial score (nSPS) is 12.7. The van der Waals surface area contributed by atoms with E-state index in [1.807, 2.05) is 0 Å². The van der Waals surface area contributed by atoms with E-state index in [1.165, 1.54) is 19.1 Å². The van der Waals surface area contributed by atoms with Gasteiger partial charge in [0, 0.05) is 30.4 Å². The molecule has 0 aliphatic heterocycles. The summed E-state index contributed by atoms with van der Waals surface area (Å²) in [6.07, 6.45) is 0. The van der Waals surface area contributed by atoms with E-state index in [0.29, 0.717) is 17.8 Å². The summed E-state index contributed by atoms with van der Waals surface area (Å²) in [7, 11) is -13.7. The summed E-state index contributed by atoms with van der Waals surface area (Å²) in [6, 6.07) is 7.34. The maximum absolute atomic E-state index is 12.0. The van der Waals surface area contributed by atoms with Gasteiger partial charge in [-0.25, -0.2) is 0 Å². The predicted molar refractivity (Wildman–Crippen MR) is 128 cm³/mol. The average molecular weight is 559 g/mol. The van der Waals surface area contributed by atoms with Crippen LogP contribution in [0.1, 0.15) is 6.92 Å². The van der Waals surface area contributed by atoms with E-state index in [2.05, 4.69) is 20.9 Å². The second kappa shape index (κ2) is 9.52. The summed E-state index contributed by atoms with van der Waals surface area (Å²) in [5, 5.41) is 12.0. The quantitative estimate of drug-likeness (QED) is 0.209. The first-order valence-corrected chi connectivity index (χ1v) is 13.9. The highest BCUT2D eigenvalue weighted by Gasteiger charge is 2.25. The van der Waals surface area contributed by atoms with Gasteiger partial charge in [0.05, 0.1) is 16.3 Å². The molecule has 3 aromatic rings. The van der Waals surface area contributed by atoms with Crippen molar-refractivity contribution in [2.45, 2.75) is 21.6 Å². The molecule has 3 rings (SSSR count). The number of nitrogens with zero attached hydrogens (tertiary/aromatic N) is 2. The highest BCUT2D eigenvalue weighted by atomic mass is 32.2. The summed E-state index contributed by atoms with van der Waals surface area (Å²) < 4.78 is 99.9. The molecule has 0 atom stereocenters. The molecular weight excluding hydrogens is 540 g/mol. The highest BCUT2D eigenvalue weighted by Crippen LogP contribution is 2.36. The minimum atomic E-state index is -5.16. The smallest absolute Gasteiger partial charge is 0.295 e. The zero-order chi connectivity index (χ0) is 27.1. The van der Waals surface area contributed by atoms with Gasteiger partial charge in [0.1, 0.15) is 15.5 Å². The van der Waals surface area contributed by atoms with Crippen LogP contribution in [0.3, 0.4) is 0 Å². The lowest BCUT2D eigenvalue weighted by Gasteiger charge is -2.11. The van der Waals surface area contributed by atoms with Crippen molar-refractivity contribution in [1.82, 2.24) is 0 Å². The molecule has 0 aliphatic rings. The fourth-order valence-corrected chi connectivity index (χ4v) is 5.22. The zero-order valence-electron chi connectivity index (χ0n) is 18.4. The lowest BCUT2D eigenvalue weighted by Crippen LogP contribution is -2.07. The molecule has 0 saturated carbocycles. The zero-order valence-corrected chi connectivity index (χ0v) is 20.8. The van der Waals surface area contributed by atoms with Crippen molar-refractivity contribution < 1.29 is 43.7 Å². The van der Waals surface area contributed by atoms with Gasteiger partial charge >= 0.3 is 0 Å². The molecule has 17 heteroatoms. The van der Waals surface area contributed by atoms with Crippen LogP contribution in [0.25, 0.3) is 10.8 Å². The second-order valence-corrected chi connectivity index (χ2v) is 11.5. The van der Waals surface area contributed by atoms with Gasteiger partial charge in [-0.1, -0.05) is 0 Å². The van der Waals surface area contributed by atoms with Crippen molar-refractivity contribution in [2.24, 2.45) is 10.2 Å². The molecule has 0 fully saturated rings. The summed E-state index contributed by atoms with van der Waals surface area (Å²) in [5.74, 6) is -0.425. The molecule has 3 aromatic carbocycles. The van der Waals surface area contributed by atoms with Crippen LogP contribution >= 0.6 is 0 Å². The Morgan fingerprint density at radius 3 is 1.89 bits per heavy atom. The van der Waals surface area contributed by atoms with Crippen LogP contribution in [0.5, 0.6) is 0 Å². The first-order chi connectivity index (χ1) is 16.5. The fraction of sp³-hybridized carbons (Fsp3) is 0.105. The first kappa shape index (κ1) is 27.1. The van der Waals surface area contributed by atoms with Crippen LogP contribution in [0, 0.1) is 0 Å². The number of carbonyl (C=O) groups excluding carboxylic acids is 1. The highest BCUT2D eigenvalue weighted by molar-refractivity contribution is 7.87. The number of anilines is 2. The standard InChI is InChI=1S/C19H18N4O10S3/c1-10(24)21-17-6-11(20-2)3-4-16(17)23-22-12-5-14-15(18(7-12)35(28,29)30)8-13(34(25,26)27)9-19(14)36(31,32)33/h3-9,20H,1-2H3,(H,21,24)(H,25,26,27)(H,28,29,30)(H,31,32,33). The Morgan fingerprint density at radius 1 is 0.778 bits per heavy atom. The lowest BCUT2D eigenvalue weighted by molar-refractivity contribution is -0.114. The molecule has 1 amide bonds. The van der Waals surface area contributed by atoms with Gasteiger partial charge in [0.15, 0.2) is 0 Å². The van der Waals surface area contributed by atoms with E-state index in [9.17, 15) is 43.7 Å². The number of hydrogen-bond acceptors (Lipinski definition) is 10. The third-order valence-corrected chi connectivity index (χ3v) is 7.29. The lowest BCUT2D eigenvalue weighted by atomic mass is 10.1. The Morgan fingerprint density at radius 2 is 1.36 bits per heavy atom. The first-order valence-electron chi connectivity index (χ1n) is 9.56. The van der Waals surface area contributed by atoms with Crippen molar-refractivity contribution in [2.75, 3.05) is 17.7 Å². The van der Waals surface area contributed by atoms with Crippen LogP contribution < -0.4 is 10.6 Å². The molecule has 0 radical (unpaired) electrons. The Labute approximate surface area is 205 Å². The predicted octanol–water partition coefficient (Wildman–Crippen LogP) is 3.00. The average Bonchev–Trinajstić information content (AvgIpc) is 2.74. The minimum Gasteiger partial charge on any atom is -0.388 e. The summed E-state index contributed by atoms with van der Waals surface area (Å²) in [6.45, 7) is 1.26. The third kappa shape index (κ3) is 6.01. The van der Waals surface area contributed by atoms with Crippen molar-refractivity contribution in [3.63, 3.8) is 0 Å². The van der Waals surface area contributed by atoms with Gasteiger partial charge in [0.2, 0.25) is 5.91 Å². The molecule has 5 N–H and O–H groups in total. The van der Waals surface area contributed by atoms with Gasteiger partial charge in [0.25, 0.3) is 30.4 Å². The number of fused-ring (bicyclic) bond motifs is 1. The Bertz CT molecular complexity index is 1750. The van der Waals surface area contributed by atoms with Crippen LogP contribution in [-0.2, 0) is 35.1 Å². The van der Waals surface area contributed by atoms with Crippen molar-refractivity contribution >= 4 is 69.8 Å². The Balaban J connectivity index is 2.34. The minimum absolute atomic E-state index is 0.120. The van der Waals surface area contributed by atoms with Gasteiger partial charge in [-0.15, -0.1) is 5.11 Å². The number of azo groups is 1. The van der Waals surface area contributed by atoms with Gasteiger partial charge in [-0.05, 0) is 42.5 Å². The molecule has 0 bridgehead atoms. The van der Waals surface area contributed by atoms with E-state index < -0.39 is 61.7 Å². The molecule has 0 aliphatic carbocycles. The summed E-state index contributed by atoms with van der Waals surface area (Å²) in [4.78, 5) is 8.43. The molecule has 14 nitrogen and oxygen atoms in total. The largest absolute Gasteiger partial charge is 0.388 e. The van der Waals surface area contributed by atoms with Crippen LogP contribution in [0.4, 0.5) is 22.7 Å². The van der Waals surface area contributed by atoms with Crippen molar-refractivity contribution in [3.05, 3.63) is 42.5 Å². The third-order valence-electron chi connectivity index (χ3n) is 4.68. The number of rotatable bonds is 7.